The van der Waals surface area contributed by atoms with E-state index in [0.717, 1.165) is 5.56 Å². The van der Waals surface area contributed by atoms with Crippen molar-refractivity contribution in [2.75, 3.05) is 14.2 Å². The van der Waals surface area contributed by atoms with Gasteiger partial charge in [-0.05, 0) is 18.6 Å². The molecule has 3 heteroatoms. The maximum absolute atomic E-state index is 9.02. The molecule has 1 aromatic rings. The Bertz CT molecular complexity index is 416. The topological polar surface area (TPSA) is 42.2 Å². The van der Waals surface area contributed by atoms with E-state index < -0.39 is 0 Å². The largest absolute Gasteiger partial charge is 0.497 e. The zero-order valence-corrected chi connectivity index (χ0v) is 9.07. The van der Waals surface area contributed by atoms with Crippen LogP contribution < -0.4 is 9.47 Å². The Balaban J connectivity index is 3.40. The first-order chi connectivity index (χ1) is 7.26. The lowest BCUT2D eigenvalue weighted by Gasteiger charge is -2.08. The van der Waals surface area contributed by atoms with Gasteiger partial charge >= 0.3 is 0 Å². The molecule has 0 unspecified atom stereocenters. The summed E-state index contributed by atoms with van der Waals surface area (Å²) in [6, 6.07) is 5.63. The number of hydrogen-bond donors (Lipinski definition) is 0. The van der Waals surface area contributed by atoms with Crippen LogP contribution >= 0.6 is 0 Å². The average Bonchev–Trinajstić information content (AvgIpc) is 2.28. The van der Waals surface area contributed by atoms with Crippen LogP contribution in [0.4, 0.5) is 0 Å². The van der Waals surface area contributed by atoms with Crippen LogP contribution in [0.2, 0.25) is 0 Å². The van der Waals surface area contributed by atoms with Crippen molar-refractivity contribution in [3.05, 3.63) is 29.3 Å². The molecule has 0 aliphatic carbocycles. The van der Waals surface area contributed by atoms with Crippen molar-refractivity contribution < 1.29 is 9.47 Å². The van der Waals surface area contributed by atoms with Crippen molar-refractivity contribution in [3.8, 4) is 17.6 Å². The molecular formula is C12H13NO2. The average molecular weight is 203 g/mol. The summed E-state index contributed by atoms with van der Waals surface area (Å²) in [5.41, 5.74) is 1.33. The fourth-order valence-corrected chi connectivity index (χ4v) is 1.32. The second-order valence-corrected chi connectivity index (χ2v) is 2.91. The van der Waals surface area contributed by atoms with Gasteiger partial charge in [-0.3, -0.25) is 0 Å². The van der Waals surface area contributed by atoms with Crippen molar-refractivity contribution >= 4 is 6.08 Å². The van der Waals surface area contributed by atoms with Gasteiger partial charge in [-0.25, -0.2) is 0 Å². The highest BCUT2D eigenvalue weighted by molar-refractivity contribution is 5.65. The van der Waals surface area contributed by atoms with Gasteiger partial charge in [0.05, 0.1) is 14.2 Å². The minimum absolute atomic E-state index is 0.524. The Hall–Kier alpha value is -1.95. The third-order valence-electron chi connectivity index (χ3n) is 2.02. The van der Waals surface area contributed by atoms with E-state index in [1.165, 1.54) is 7.11 Å². The Morgan fingerprint density at radius 1 is 1.27 bits per heavy atom. The van der Waals surface area contributed by atoms with E-state index in [1.807, 2.05) is 19.1 Å². The van der Waals surface area contributed by atoms with E-state index in [4.69, 9.17) is 14.7 Å². The SMILES string of the molecule is C/C=C/c1cc(OC)cc(OC)c1C#N. The zero-order chi connectivity index (χ0) is 11.3. The quantitative estimate of drug-likeness (QED) is 0.758. The summed E-state index contributed by atoms with van der Waals surface area (Å²) in [6.45, 7) is 1.90. The fraction of sp³-hybridized carbons (Fsp3) is 0.250. The van der Waals surface area contributed by atoms with Crippen molar-refractivity contribution in [1.29, 1.82) is 5.26 Å². The first kappa shape index (κ1) is 11.1. The number of rotatable bonds is 3. The summed E-state index contributed by atoms with van der Waals surface area (Å²) in [7, 11) is 3.12. The third-order valence-corrected chi connectivity index (χ3v) is 2.02. The van der Waals surface area contributed by atoms with Crippen LogP contribution in [0.15, 0.2) is 18.2 Å². The number of ether oxygens (including phenoxy) is 2. The Kier molecular flexibility index (Phi) is 3.75. The number of benzene rings is 1. The Morgan fingerprint density at radius 3 is 2.47 bits per heavy atom. The lowest BCUT2D eigenvalue weighted by atomic mass is 10.1. The number of methoxy groups -OCH3 is 2. The molecular weight excluding hydrogens is 190 g/mol. The molecule has 0 spiro atoms. The summed E-state index contributed by atoms with van der Waals surface area (Å²) in [5.74, 6) is 1.21. The maximum atomic E-state index is 9.02. The zero-order valence-electron chi connectivity index (χ0n) is 9.07. The molecule has 0 saturated heterocycles. The molecule has 0 heterocycles. The third kappa shape index (κ3) is 2.29. The van der Waals surface area contributed by atoms with Gasteiger partial charge in [-0.15, -0.1) is 0 Å². The Labute approximate surface area is 89.6 Å². The molecule has 0 amide bonds. The van der Waals surface area contributed by atoms with Crippen LogP contribution in [0, 0.1) is 11.3 Å². The molecule has 1 aromatic carbocycles. The van der Waals surface area contributed by atoms with Crippen molar-refractivity contribution in [2.45, 2.75) is 6.92 Å². The molecule has 3 nitrogen and oxygen atoms in total. The highest BCUT2D eigenvalue weighted by Gasteiger charge is 2.09. The molecule has 78 valence electrons. The number of nitriles is 1. The first-order valence-electron chi connectivity index (χ1n) is 4.55. The molecule has 0 radical (unpaired) electrons. The van der Waals surface area contributed by atoms with E-state index >= 15 is 0 Å². The van der Waals surface area contributed by atoms with Gasteiger partial charge in [0.25, 0.3) is 0 Å². The highest BCUT2D eigenvalue weighted by Crippen LogP contribution is 2.28. The summed E-state index contributed by atoms with van der Waals surface area (Å²) < 4.78 is 10.2. The number of allylic oxidation sites excluding steroid dienone is 1. The summed E-state index contributed by atoms with van der Waals surface area (Å²) in [6.07, 6.45) is 3.72. The van der Waals surface area contributed by atoms with Crippen molar-refractivity contribution in [1.82, 2.24) is 0 Å². The van der Waals surface area contributed by atoms with E-state index in [1.54, 1.807) is 19.2 Å². The van der Waals surface area contributed by atoms with Gasteiger partial charge in [0.2, 0.25) is 0 Å². The molecule has 0 saturated carbocycles. The lowest BCUT2D eigenvalue weighted by molar-refractivity contribution is 0.393. The van der Waals surface area contributed by atoms with Crippen LogP contribution in [0.3, 0.4) is 0 Å². The predicted octanol–water partition coefficient (Wildman–Crippen LogP) is 2.61. The molecule has 0 aliphatic rings. The van der Waals surface area contributed by atoms with Crippen LogP contribution in [0.5, 0.6) is 11.5 Å². The molecule has 0 atom stereocenters. The van der Waals surface area contributed by atoms with Crippen molar-refractivity contribution in [2.24, 2.45) is 0 Å². The molecule has 0 bridgehead atoms. The van der Waals surface area contributed by atoms with Gasteiger partial charge in [-0.1, -0.05) is 12.2 Å². The highest BCUT2D eigenvalue weighted by atomic mass is 16.5. The molecule has 0 fully saturated rings. The smallest absolute Gasteiger partial charge is 0.140 e. The second kappa shape index (κ2) is 5.06. The monoisotopic (exact) mass is 203 g/mol. The van der Waals surface area contributed by atoms with Gasteiger partial charge in [0.1, 0.15) is 23.1 Å². The van der Waals surface area contributed by atoms with Crippen LogP contribution in [0.1, 0.15) is 18.1 Å². The minimum Gasteiger partial charge on any atom is -0.497 e. The van der Waals surface area contributed by atoms with Crippen LogP contribution in [-0.2, 0) is 0 Å². The second-order valence-electron chi connectivity index (χ2n) is 2.91. The standard InChI is InChI=1S/C12H13NO2/c1-4-5-9-6-10(14-2)7-12(15-3)11(9)8-13/h4-7H,1-3H3/b5-4+. The summed E-state index contributed by atoms with van der Waals surface area (Å²) in [5, 5.41) is 9.02. The first-order valence-corrected chi connectivity index (χ1v) is 4.55. The normalized spacial score (nSPS) is 10.0. The molecule has 0 aliphatic heterocycles. The van der Waals surface area contributed by atoms with E-state index in [2.05, 4.69) is 6.07 Å². The number of nitrogens with zero attached hydrogens (tertiary/aromatic N) is 1. The minimum atomic E-state index is 0.524. The van der Waals surface area contributed by atoms with Gasteiger partial charge < -0.3 is 9.47 Å². The van der Waals surface area contributed by atoms with Crippen molar-refractivity contribution in [3.63, 3.8) is 0 Å². The van der Waals surface area contributed by atoms with E-state index in [-0.39, 0.29) is 0 Å². The molecule has 15 heavy (non-hydrogen) atoms. The van der Waals surface area contributed by atoms with Gasteiger partial charge in [0.15, 0.2) is 0 Å². The maximum Gasteiger partial charge on any atom is 0.140 e. The number of hydrogen-bond acceptors (Lipinski definition) is 3. The molecule has 0 N–H and O–H groups in total. The van der Waals surface area contributed by atoms with Crippen LogP contribution in [-0.4, -0.2) is 14.2 Å². The molecule has 0 aromatic heterocycles. The van der Waals surface area contributed by atoms with Gasteiger partial charge in [0, 0.05) is 6.07 Å². The van der Waals surface area contributed by atoms with E-state index in [0.29, 0.717) is 17.1 Å². The van der Waals surface area contributed by atoms with E-state index in [9.17, 15) is 0 Å². The molecule has 1 rings (SSSR count). The lowest BCUT2D eigenvalue weighted by Crippen LogP contribution is -1.93. The Morgan fingerprint density at radius 2 is 2.00 bits per heavy atom. The van der Waals surface area contributed by atoms with Crippen LogP contribution in [0.25, 0.3) is 6.08 Å². The fourth-order valence-electron chi connectivity index (χ4n) is 1.32. The summed E-state index contributed by atoms with van der Waals surface area (Å²) in [4.78, 5) is 0. The summed E-state index contributed by atoms with van der Waals surface area (Å²) >= 11 is 0. The van der Waals surface area contributed by atoms with Gasteiger partial charge in [-0.2, -0.15) is 5.26 Å². The predicted molar refractivity (Wildman–Crippen MR) is 59.0 cm³/mol.